The summed E-state index contributed by atoms with van der Waals surface area (Å²) in [5.41, 5.74) is 7.56. The Bertz CT molecular complexity index is 707. The predicted octanol–water partition coefficient (Wildman–Crippen LogP) is 3.55. The number of carbonyl (C=O) groups is 1. The van der Waals surface area contributed by atoms with Crippen molar-refractivity contribution >= 4 is 5.91 Å². The lowest BCUT2D eigenvalue weighted by Crippen LogP contribution is -2.09. The minimum atomic E-state index is -0.379. The van der Waals surface area contributed by atoms with Crippen molar-refractivity contribution in [3.8, 4) is 22.6 Å². The van der Waals surface area contributed by atoms with E-state index in [0.717, 1.165) is 11.1 Å². The molecule has 0 saturated heterocycles. The number of amides is 1. The highest BCUT2D eigenvalue weighted by atomic mass is 16.3. The van der Waals surface area contributed by atoms with Gasteiger partial charge >= 0.3 is 0 Å². The molecule has 3 rings (SSSR count). The molecule has 0 atom stereocenters. The Hall–Kier alpha value is -3.27. The zero-order valence-corrected chi connectivity index (χ0v) is 12.4. The van der Waals surface area contributed by atoms with Crippen LogP contribution in [0.25, 0.3) is 11.1 Å². The van der Waals surface area contributed by atoms with E-state index in [-0.39, 0.29) is 17.4 Å². The molecule has 0 aliphatic carbocycles. The van der Waals surface area contributed by atoms with Crippen LogP contribution in [0, 0.1) is 0 Å². The second-order valence-electron chi connectivity index (χ2n) is 4.82. The number of hydrogen-bond donors (Lipinski definition) is 3. The van der Waals surface area contributed by atoms with Crippen LogP contribution in [-0.2, 0) is 0 Å². The summed E-state index contributed by atoms with van der Waals surface area (Å²) in [5, 5.41) is 18.2. The molecule has 0 unspecified atom stereocenters. The van der Waals surface area contributed by atoms with Crippen molar-refractivity contribution < 1.29 is 15.0 Å². The standard InChI is InChI=1S/C12H10O2.C7H7NO/c13-11-5-1-9(2-6-11)10-3-7-12(14)8-4-10;8-7(9)6-4-2-1-3-5-6/h1-8,13-14H;1-5H,(H2,8,9). The minimum absolute atomic E-state index is 0.257. The van der Waals surface area contributed by atoms with Crippen LogP contribution in [0.1, 0.15) is 10.4 Å². The summed E-state index contributed by atoms with van der Waals surface area (Å²) in [7, 11) is 0. The van der Waals surface area contributed by atoms with Gasteiger partial charge in [0.15, 0.2) is 0 Å². The zero-order chi connectivity index (χ0) is 16.7. The van der Waals surface area contributed by atoms with E-state index in [1.165, 1.54) is 0 Å². The first-order valence-electron chi connectivity index (χ1n) is 6.99. The summed E-state index contributed by atoms with van der Waals surface area (Å²) in [6, 6.07) is 22.7. The van der Waals surface area contributed by atoms with Crippen molar-refractivity contribution in [1.29, 1.82) is 0 Å². The second-order valence-corrected chi connectivity index (χ2v) is 4.82. The lowest BCUT2D eigenvalue weighted by atomic mass is 10.1. The van der Waals surface area contributed by atoms with Gasteiger partial charge in [0, 0.05) is 5.56 Å². The first kappa shape index (κ1) is 16.1. The topological polar surface area (TPSA) is 83.6 Å². The Morgan fingerprint density at radius 1 is 0.652 bits per heavy atom. The Kier molecular flexibility index (Phi) is 5.36. The maximum absolute atomic E-state index is 10.4. The quantitative estimate of drug-likeness (QED) is 0.677. The van der Waals surface area contributed by atoms with Crippen molar-refractivity contribution in [1.82, 2.24) is 0 Å². The van der Waals surface area contributed by atoms with Gasteiger partial charge in [-0.2, -0.15) is 0 Å². The van der Waals surface area contributed by atoms with Gasteiger partial charge in [-0.25, -0.2) is 0 Å². The number of rotatable bonds is 2. The Balaban J connectivity index is 0.000000185. The lowest BCUT2D eigenvalue weighted by Gasteiger charge is -2.01. The summed E-state index contributed by atoms with van der Waals surface area (Å²) in [5.74, 6) is 0.135. The Morgan fingerprint density at radius 2 is 1.04 bits per heavy atom. The van der Waals surface area contributed by atoms with Crippen molar-refractivity contribution in [3.63, 3.8) is 0 Å². The molecular formula is C19H17NO3. The third kappa shape index (κ3) is 4.89. The fourth-order valence-corrected chi connectivity index (χ4v) is 1.91. The van der Waals surface area contributed by atoms with Gasteiger partial charge in [-0.3, -0.25) is 4.79 Å². The van der Waals surface area contributed by atoms with E-state index in [1.807, 2.05) is 30.3 Å². The van der Waals surface area contributed by atoms with Gasteiger partial charge in [-0.15, -0.1) is 0 Å². The van der Waals surface area contributed by atoms with E-state index in [9.17, 15) is 4.79 Å². The van der Waals surface area contributed by atoms with Gasteiger partial charge in [0.05, 0.1) is 0 Å². The summed E-state index contributed by atoms with van der Waals surface area (Å²) < 4.78 is 0. The number of benzene rings is 3. The molecule has 4 nitrogen and oxygen atoms in total. The van der Waals surface area contributed by atoms with Crippen LogP contribution < -0.4 is 5.73 Å². The number of phenols is 2. The first-order valence-corrected chi connectivity index (χ1v) is 6.99. The average Bonchev–Trinajstić information content (AvgIpc) is 2.58. The molecule has 116 valence electrons. The molecule has 4 N–H and O–H groups in total. The minimum Gasteiger partial charge on any atom is -0.508 e. The largest absolute Gasteiger partial charge is 0.508 e. The third-order valence-electron chi connectivity index (χ3n) is 3.13. The van der Waals surface area contributed by atoms with Crippen molar-refractivity contribution in [2.75, 3.05) is 0 Å². The summed E-state index contributed by atoms with van der Waals surface area (Å²) in [4.78, 5) is 10.4. The van der Waals surface area contributed by atoms with Crippen LogP contribution in [0.5, 0.6) is 11.5 Å². The highest BCUT2D eigenvalue weighted by Gasteiger charge is 1.97. The highest BCUT2D eigenvalue weighted by molar-refractivity contribution is 5.92. The van der Waals surface area contributed by atoms with Crippen LogP contribution >= 0.6 is 0 Å². The molecule has 0 spiro atoms. The smallest absolute Gasteiger partial charge is 0.248 e. The van der Waals surface area contributed by atoms with Crippen LogP contribution in [0.2, 0.25) is 0 Å². The van der Waals surface area contributed by atoms with Crippen molar-refractivity contribution in [3.05, 3.63) is 84.4 Å². The van der Waals surface area contributed by atoms with E-state index in [1.54, 1.807) is 48.5 Å². The SMILES string of the molecule is NC(=O)c1ccccc1.Oc1ccc(-c2ccc(O)cc2)cc1. The van der Waals surface area contributed by atoms with E-state index >= 15 is 0 Å². The second kappa shape index (κ2) is 7.66. The number of carbonyl (C=O) groups excluding carboxylic acids is 1. The number of hydrogen-bond acceptors (Lipinski definition) is 3. The van der Waals surface area contributed by atoms with Gasteiger partial charge < -0.3 is 15.9 Å². The Labute approximate surface area is 134 Å². The van der Waals surface area contributed by atoms with Gasteiger partial charge in [-0.05, 0) is 47.5 Å². The van der Waals surface area contributed by atoms with Crippen molar-refractivity contribution in [2.24, 2.45) is 5.73 Å². The molecule has 0 aliphatic rings. The highest BCUT2D eigenvalue weighted by Crippen LogP contribution is 2.23. The van der Waals surface area contributed by atoms with E-state index in [0.29, 0.717) is 5.56 Å². The molecule has 0 heterocycles. The molecular weight excluding hydrogens is 290 g/mol. The average molecular weight is 307 g/mol. The molecule has 0 radical (unpaired) electrons. The maximum Gasteiger partial charge on any atom is 0.248 e. The summed E-state index contributed by atoms with van der Waals surface area (Å²) in [6.45, 7) is 0. The van der Waals surface area contributed by atoms with Gasteiger partial charge in [0.1, 0.15) is 11.5 Å². The molecule has 0 aliphatic heterocycles. The van der Waals surface area contributed by atoms with E-state index < -0.39 is 0 Å². The molecule has 4 heteroatoms. The number of aromatic hydroxyl groups is 2. The molecule has 0 fully saturated rings. The summed E-state index contributed by atoms with van der Waals surface area (Å²) >= 11 is 0. The van der Waals surface area contributed by atoms with Crippen LogP contribution in [-0.4, -0.2) is 16.1 Å². The van der Waals surface area contributed by atoms with Gasteiger partial charge in [0.2, 0.25) is 5.91 Å². The van der Waals surface area contributed by atoms with Crippen LogP contribution in [0.4, 0.5) is 0 Å². The number of nitrogens with two attached hydrogens (primary N) is 1. The fraction of sp³-hybridized carbons (Fsp3) is 0. The van der Waals surface area contributed by atoms with Gasteiger partial charge in [-0.1, -0.05) is 42.5 Å². The van der Waals surface area contributed by atoms with E-state index in [2.05, 4.69) is 0 Å². The Morgan fingerprint density at radius 3 is 1.35 bits per heavy atom. The molecule has 23 heavy (non-hydrogen) atoms. The van der Waals surface area contributed by atoms with Crippen LogP contribution in [0.15, 0.2) is 78.9 Å². The zero-order valence-electron chi connectivity index (χ0n) is 12.4. The molecule has 0 saturated carbocycles. The first-order chi connectivity index (χ1) is 11.1. The maximum atomic E-state index is 10.4. The fourth-order valence-electron chi connectivity index (χ4n) is 1.91. The number of primary amides is 1. The summed E-state index contributed by atoms with van der Waals surface area (Å²) in [6.07, 6.45) is 0. The number of phenolic OH excluding ortho intramolecular Hbond substituents is 2. The van der Waals surface area contributed by atoms with Crippen molar-refractivity contribution in [2.45, 2.75) is 0 Å². The molecule has 3 aromatic rings. The molecule has 1 amide bonds. The molecule has 0 aromatic heterocycles. The normalized spacial score (nSPS) is 9.57. The van der Waals surface area contributed by atoms with E-state index in [4.69, 9.17) is 15.9 Å². The lowest BCUT2D eigenvalue weighted by molar-refractivity contribution is 0.100. The monoisotopic (exact) mass is 307 g/mol. The van der Waals surface area contributed by atoms with Gasteiger partial charge in [0.25, 0.3) is 0 Å². The van der Waals surface area contributed by atoms with Crippen LogP contribution in [0.3, 0.4) is 0 Å². The third-order valence-corrected chi connectivity index (χ3v) is 3.13. The molecule has 3 aromatic carbocycles. The predicted molar refractivity (Wildman–Crippen MR) is 90.2 cm³/mol. The molecule has 0 bridgehead atoms.